The third-order valence-corrected chi connectivity index (χ3v) is 2.02. The molecule has 1 unspecified atom stereocenters. The Morgan fingerprint density at radius 2 is 2.07 bits per heavy atom. The second kappa shape index (κ2) is 4.55. The van der Waals surface area contributed by atoms with E-state index in [1.54, 1.807) is 12.3 Å². The molecule has 0 fully saturated rings. The van der Waals surface area contributed by atoms with Gasteiger partial charge >= 0.3 is 0 Å². The van der Waals surface area contributed by atoms with Crippen molar-refractivity contribution >= 4 is 0 Å². The van der Waals surface area contributed by atoms with Crippen molar-refractivity contribution in [1.82, 2.24) is 0 Å². The van der Waals surface area contributed by atoms with E-state index >= 15 is 0 Å². The van der Waals surface area contributed by atoms with Crippen molar-refractivity contribution in [2.75, 3.05) is 0 Å². The molecule has 0 saturated heterocycles. The third kappa shape index (κ3) is 2.13. The predicted octanol–water partition coefficient (Wildman–Crippen LogP) is 2.76. The van der Waals surface area contributed by atoms with Gasteiger partial charge in [0, 0.05) is 6.42 Å². The zero-order chi connectivity index (χ0) is 10.5. The summed E-state index contributed by atoms with van der Waals surface area (Å²) in [5.41, 5.74) is 0. The van der Waals surface area contributed by atoms with E-state index in [-0.39, 0.29) is 6.10 Å². The molecule has 0 aliphatic carbocycles. The largest absolute Gasteiger partial charge is 0.486 e. The van der Waals surface area contributed by atoms with Gasteiger partial charge in [-0.3, -0.25) is 0 Å². The number of ether oxygens (including phenoxy) is 3. The minimum absolute atomic E-state index is 0.213. The monoisotopic (exact) mass is 204 g/mol. The maximum atomic E-state index is 5.40. The first kappa shape index (κ1) is 9.65. The topological polar surface area (TPSA) is 27.7 Å². The lowest BCUT2D eigenvalue weighted by Crippen LogP contribution is -2.17. The Morgan fingerprint density at radius 3 is 2.80 bits per heavy atom. The average Bonchev–Trinajstić information content (AvgIpc) is 2.31. The number of hydrogen-bond acceptors (Lipinski definition) is 3. The molecule has 0 aromatic heterocycles. The first-order chi connectivity index (χ1) is 7.42. The fraction of sp³-hybridized carbons (Fsp3) is 0.167. The Hall–Kier alpha value is -1.90. The molecule has 0 radical (unpaired) electrons. The molecular weight excluding hydrogens is 192 g/mol. The molecule has 2 rings (SSSR count). The van der Waals surface area contributed by atoms with E-state index < -0.39 is 0 Å². The molecule has 0 bridgehead atoms. The quantitative estimate of drug-likeness (QED) is 0.661. The molecule has 0 spiro atoms. The van der Waals surface area contributed by atoms with Crippen molar-refractivity contribution in [2.45, 2.75) is 12.5 Å². The molecule has 0 aromatic carbocycles. The lowest BCUT2D eigenvalue weighted by Gasteiger charge is -2.22. The highest BCUT2D eigenvalue weighted by molar-refractivity contribution is 5.22. The van der Waals surface area contributed by atoms with E-state index in [0.717, 1.165) is 5.76 Å². The zero-order valence-electron chi connectivity index (χ0n) is 8.26. The van der Waals surface area contributed by atoms with E-state index in [9.17, 15) is 0 Å². The normalized spacial score (nSPS) is 23.1. The van der Waals surface area contributed by atoms with Gasteiger partial charge in [-0.25, -0.2) is 0 Å². The molecule has 2 heterocycles. The fourth-order valence-corrected chi connectivity index (χ4v) is 1.38. The highest BCUT2D eigenvalue weighted by Gasteiger charge is 2.21. The molecule has 15 heavy (non-hydrogen) atoms. The van der Waals surface area contributed by atoms with Crippen LogP contribution in [0.4, 0.5) is 0 Å². The summed E-state index contributed by atoms with van der Waals surface area (Å²) < 4.78 is 16.1. The van der Waals surface area contributed by atoms with Gasteiger partial charge in [-0.2, -0.15) is 0 Å². The molecule has 3 heteroatoms. The van der Waals surface area contributed by atoms with Gasteiger partial charge in [0.15, 0.2) is 11.9 Å². The first-order valence-electron chi connectivity index (χ1n) is 4.73. The van der Waals surface area contributed by atoms with Crippen LogP contribution in [0.5, 0.6) is 0 Å². The van der Waals surface area contributed by atoms with Crippen LogP contribution in [0.2, 0.25) is 0 Å². The molecule has 78 valence electrons. The van der Waals surface area contributed by atoms with Gasteiger partial charge in [0.25, 0.3) is 0 Å². The Balaban J connectivity index is 2.18. The maximum absolute atomic E-state index is 5.40. The minimum atomic E-state index is -0.213. The first-order valence-corrected chi connectivity index (χ1v) is 4.73. The summed E-state index contributed by atoms with van der Waals surface area (Å²) in [5.74, 6) is 1.41. The number of rotatable bonds is 3. The lowest BCUT2D eigenvalue weighted by atomic mass is 10.2. The van der Waals surface area contributed by atoms with Gasteiger partial charge in [0.2, 0.25) is 0 Å². The van der Waals surface area contributed by atoms with Crippen LogP contribution in [0.3, 0.4) is 0 Å². The van der Waals surface area contributed by atoms with E-state index in [0.29, 0.717) is 12.2 Å². The van der Waals surface area contributed by atoms with Crippen LogP contribution in [0.15, 0.2) is 61.2 Å². The predicted molar refractivity (Wildman–Crippen MR) is 56.3 cm³/mol. The van der Waals surface area contributed by atoms with Crippen molar-refractivity contribution in [1.29, 1.82) is 0 Å². The van der Waals surface area contributed by atoms with Crippen LogP contribution >= 0.6 is 0 Å². The van der Waals surface area contributed by atoms with Gasteiger partial charge in [0.05, 0.1) is 6.26 Å². The molecule has 0 amide bonds. The Kier molecular flexibility index (Phi) is 2.93. The van der Waals surface area contributed by atoms with Crippen molar-refractivity contribution < 1.29 is 14.2 Å². The summed E-state index contributed by atoms with van der Waals surface area (Å²) in [5, 5.41) is 0. The second-order valence-corrected chi connectivity index (χ2v) is 3.06. The van der Waals surface area contributed by atoms with E-state index in [4.69, 9.17) is 14.2 Å². The van der Waals surface area contributed by atoms with Crippen LogP contribution < -0.4 is 0 Å². The van der Waals surface area contributed by atoms with E-state index in [1.807, 2.05) is 18.2 Å². The van der Waals surface area contributed by atoms with Gasteiger partial charge in [-0.05, 0) is 12.2 Å². The molecule has 1 atom stereocenters. The second-order valence-electron chi connectivity index (χ2n) is 3.06. The summed E-state index contributed by atoms with van der Waals surface area (Å²) >= 11 is 0. The summed E-state index contributed by atoms with van der Waals surface area (Å²) in [7, 11) is 0. The van der Waals surface area contributed by atoms with Crippen LogP contribution in [0.25, 0.3) is 0 Å². The molecule has 2 aliphatic rings. The Morgan fingerprint density at radius 1 is 1.20 bits per heavy atom. The summed E-state index contributed by atoms with van der Waals surface area (Å²) in [6.07, 6.45) is 12.4. The number of allylic oxidation sites excluding steroid dienone is 3. The highest BCUT2D eigenvalue weighted by atomic mass is 16.6. The summed E-state index contributed by atoms with van der Waals surface area (Å²) in [6, 6.07) is 0. The van der Waals surface area contributed by atoms with Crippen LogP contribution in [-0.2, 0) is 14.2 Å². The Labute approximate surface area is 88.6 Å². The molecule has 0 N–H and O–H groups in total. The van der Waals surface area contributed by atoms with E-state index in [2.05, 4.69) is 6.58 Å². The van der Waals surface area contributed by atoms with Gasteiger partial charge < -0.3 is 14.2 Å². The minimum Gasteiger partial charge on any atom is -0.486 e. The van der Waals surface area contributed by atoms with Gasteiger partial charge in [0.1, 0.15) is 18.3 Å². The summed E-state index contributed by atoms with van der Waals surface area (Å²) in [6.45, 7) is 3.67. The van der Waals surface area contributed by atoms with Crippen molar-refractivity contribution in [2.24, 2.45) is 0 Å². The maximum Gasteiger partial charge on any atom is 0.186 e. The molecule has 2 aliphatic heterocycles. The fourth-order valence-electron chi connectivity index (χ4n) is 1.38. The molecule has 0 saturated carbocycles. The third-order valence-electron chi connectivity index (χ3n) is 2.02. The van der Waals surface area contributed by atoms with Gasteiger partial charge in [-0.1, -0.05) is 12.2 Å². The highest BCUT2D eigenvalue weighted by Crippen LogP contribution is 2.24. The van der Waals surface area contributed by atoms with Crippen molar-refractivity contribution in [3.05, 3.63) is 61.2 Å². The SMILES string of the molecule is C=CCC1=C(C2C=CC=CO2)OC=CO1. The molecule has 0 aromatic rings. The Bertz CT molecular complexity index is 357. The van der Waals surface area contributed by atoms with Crippen LogP contribution in [-0.4, -0.2) is 6.10 Å². The van der Waals surface area contributed by atoms with Crippen LogP contribution in [0.1, 0.15) is 6.42 Å². The summed E-state index contributed by atoms with van der Waals surface area (Å²) in [4.78, 5) is 0. The van der Waals surface area contributed by atoms with Crippen molar-refractivity contribution in [3.63, 3.8) is 0 Å². The van der Waals surface area contributed by atoms with Crippen molar-refractivity contribution in [3.8, 4) is 0 Å². The van der Waals surface area contributed by atoms with E-state index in [1.165, 1.54) is 12.5 Å². The smallest absolute Gasteiger partial charge is 0.186 e. The molecular formula is C12H12O3. The van der Waals surface area contributed by atoms with Crippen LogP contribution in [0, 0.1) is 0 Å². The standard InChI is InChI=1S/C12H12O3/c1-2-5-10-12(15-9-8-14-10)11-6-3-4-7-13-11/h2-4,6-9,11H,1,5H2. The zero-order valence-corrected chi connectivity index (χ0v) is 8.26. The molecule has 3 nitrogen and oxygen atoms in total. The number of hydrogen-bond donors (Lipinski definition) is 0. The lowest BCUT2D eigenvalue weighted by molar-refractivity contribution is 0.122. The average molecular weight is 204 g/mol. The van der Waals surface area contributed by atoms with Gasteiger partial charge in [-0.15, -0.1) is 6.58 Å².